The first-order valence-electron chi connectivity index (χ1n) is 3.64. The molecule has 0 aromatic carbocycles. The van der Waals surface area contributed by atoms with Gasteiger partial charge < -0.3 is 4.74 Å². The Morgan fingerprint density at radius 3 is 2.57 bits per heavy atom. The first-order valence-corrected chi connectivity index (χ1v) is 3.64. The molecule has 0 radical (unpaired) electrons. The van der Waals surface area contributed by atoms with Crippen molar-refractivity contribution >= 4 is 17.4 Å². The van der Waals surface area contributed by atoms with Gasteiger partial charge in [-0.1, -0.05) is 6.58 Å². The van der Waals surface area contributed by atoms with Crippen LogP contribution in [0.3, 0.4) is 0 Å². The van der Waals surface area contributed by atoms with Crippen molar-refractivity contribution in [2.45, 2.75) is 6.92 Å². The molecule has 14 heavy (non-hydrogen) atoms. The van der Waals surface area contributed by atoms with Gasteiger partial charge in [-0.25, -0.2) is 4.79 Å². The summed E-state index contributed by atoms with van der Waals surface area (Å²) in [6.45, 7) is 4.98. The number of aryl methyl sites for hydroxylation is 1. The van der Waals surface area contributed by atoms with Crippen LogP contribution in [0, 0.1) is 6.92 Å². The highest BCUT2D eigenvalue weighted by molar-refractivity contribution is 6.49. The number of rotatable bonds is 3. The van der Waals surface area contributed by atoms with Crippen LogP contribution in [0.15, 0.2) is 6.58 Å². The number of Topliss-reactive ketones (excluding diaryl/α,β-unsaturated/α-hetero) is 1. The van der Waals surface area contributed by atoms with Gasteiger partial charge >= 0.3 is 5.97 Å². The van der Waals surface area contributed by atoms with Gasteiger partial charge in [0.2, 0.25) is 0 Å². The highest BCUT2D eigenvalue weighted by atomic mass is 16.5. The second-order valence-electron chi connectivity index (χ2n) is 2.41. The average Bonchev–Trinajstić information content (AvgIpc) is 2.61. The average molecular weight is 196 g/mol. The summed E-state index contributed by atoms with van der Waals surface area (Å²) in [4.78, 5) is 22.1. The molecular formula is C7H8N4O3. The van der Waals surface area contributed by atoms with E-state index in [9.17, 15) is 9.59 Å². The molecule has 0 atom stereocenters. The van der Waals surface area contributed by atoms with Gasteiger partial charge in [0.1, 0.15) is 5.70 Å². The fraction of sp³-hybridized carbons (Fsp3) is 0.286. The summed E-state index contributed by atoms with van der Waals surface area (Å²) in [7, 11) is 1.11. The number of hydrogen-bond acceptors (Lipinski definition) is 6. The summed E-state index contributed by atoms with van der Waals surface area (Å²) in [5.41, 5.74) is -0.139. The Bertz CT molecular complexity index is 395. The minimum absolute atomic E-state index is 0.139. The van der Waals surface area contributed by atoms with Gasteiger partial charge in [0.25, 0.3) is 5.78 Å². The number of carbonyl (C=O) groups is 2. The SMILES string of the molecule is C=C(C(=O)C(=O)OC)n1nnnc1C. The normalized spacial score (nSPS) is 9.57. The van der Waals surface area contributed by atoms with E-state index in [1.807, 2.05) is 0 Å². The lowest BCUT2D eigenvalue weighted by molar-refractivity contribution is -0.149. The third-order valence-corrected chi connectivity index (χ3v) is 1.51. The minimum Gasteiger partial charge on any atom is -0.463 e. The Balaban J connectivity index is 2.92. The van der Waals surface area contributed by atoms with Crippen LogP contribution in [-0.2, 0) is 14.3 Å². The van der Waals surface area contributed by atoms with E-state index in [4.69, 9.17) is 0 Å². The first-order chi connectivity index (χ1) is 6.57. The maximum absolute atomic E-state index is 11.2. The van der Waals surface area contributed by atoms with E-state index in [0.29, 0.717) is 5.82 Å². The van der Waals surface area contributed by atoms with Gasteiger partial charge in [-0.3, -0.25) is 4.79 Å². The van der Waals surface area contributed by atoms with Crippen molar-refractivity contribution in [2.75, 3.05) is 7.11 Å². The van der Waals surface area contributed by atoms with Gasteiger partial charge in [-0.15, -0.1) is 5.10 Å². The Labute approximate surface area is 79.4 Å². The number of esters is 1. The zero-order chi connectivity index (χ0) is 10.7. The van der Waals surface area contributed by atoms with Crippen LogP contribution >= 0.6 is 0 Å². The van der Waals surface area contributed by atoms with Crippen LogP contribution in [0.2, 0.25) is 0 Å². The molecule has 1 rings (SSSR count). The van der Waals surface area contributed by atoms with E-state index < -0.39 is 11.8 Å². The van der Waals surface area contributed by atoms with Crippen LogP contribution in [0.5, 0.6) is 0 Å². The van der Waals surface area contributed by atoms with E-state index in [-0.39, 0.29) is 5.70 Å². The lowest BCUT2D eigenvalue weighted by atomic mass is 10.3. The monoisotopic (exact) mass is 196 g/mol. The molecule has 0 bridgehead atoms. The molecule has 0 amide bonds. The maximum atomic E-state index is 11.2. The highest BCUT2D eigenvalue weighted by Crippen LogP contribution is 2.03. The number of ether oxygens (including phenoxy) is 1. The predicted octanol–water partition coefficient (Wildman–Crippen LogP) is -0.806. The number of ketones is 1. The Morgan fingerprint density at radius 2 is 2.14 bits per heavy atom. The molecule has 7 nitrogen and oxygen atoms in total. The molecule has 1 aromatic heterocycles. The molecule has 0 aliphatic rings. The van der Waals surface area contributed by atoms with E-state index in [2.05, 4.69) is 26.8 Å². The van der Waals surface area contributed by atoms with Crippen molar-refractivity contribution < 1.29 is 14.3 Å². The van der Waals surface area contributed by atoms with Crippen LogP contribution in [0.25, 0.3) is 5.70 Å². The zero-order valence-electron chi connectivity index (χ0n) is 7.72. The summed E-state index contributed by atoms with van der Waals surface area (Å²) >= 11 is 0. The third kappa shape index (κ3) is 1.65. The molecule has 7 heteroatoms. The molecule has 74 valence electrons. The van der Waals surface area contributed by atoms with E-state index >= 15 is 0 Å². The molecule has 0 saturated carbocycles. The lowest BCUT2D eigenvalue weighted by Gasteiger charge is -2.02. The maximum Gasteiger partial charge on any atom is 0.381 e. The number of hydrogen-bond donors (Lipinski definition) is 0. The van der Waals surface area contributed by atoms with Gasteiger partial charge in [-0.2, -0.15) is 4.68 Å². The summed E-state index contributed by atoms with van der Waals surface area (Å²) in [6, 6.07) is 0. The number of carbonyl (C=O) groups excluding carboxylic acids is 2. The van der Waals surface area contributed by atoms with Gasteiger partial charge in [0, 0.05) is 0 Å². The molecule has 1 heterocycles. The van der Waals surface area contributed by atoms with E-state index in [1.165, 1.54) is 0 Å². The molecule has 0 fully saturated rings. The topological polar surface area (TPSA) is 87.0 Å². The lowest BCUT2D eigenvalue weighted by Crippen LogP contribution is -2.21. The number of nitrogens with zero attached hydrogens (tertiary/aromatic N) is 4. The van der Waals surface area contributed by atoms with Crippen LogP contribution < -0.4 is 0 Å². The Hall–Kier alpha value is -2.05. The van der Waals surface area contributed by atoms with Crippen molar-refractivity contribution in [2.24, 2.45) is 0 Å². The Kier molecular flexibility index (Phi) is 2.70. The zero-order valence-corrected chi connectivity index (χ0v) is 7.72. The van der Waals surface area contributed by atoms with E-state index in [1.54, 1.807) is 6.92 Å². The second kappa shape index (κ2) is 3.77. The summed E-state index contributed by atoms with van der Waals surface area (Å²) in [5, 5.41) is 10.3. The van der Waals surface area contributed by atoms with Crippen molar-refractivity contribution in [3.63, 3.8) is 0 Å². The van der Waals surface area contributed by atoms with Crippen molar-refractivity contribution in [3.8, 4) is 0 Å². The largest absolute Gasteiger partial charge is 0.463 e. The molecule has 0 aliphatic carbocycles. The van der Waals surface area contributed by atoms with Crippen molar-refractivity contribution in [3.05, 3.63) is 12.4 Å². The van der Waals surface area contributed by atoms with Gasteiger partial charge in [0.15, 0.2) is 5.82 Å². The minimum atomic E-state index is -0.995. The van der Waals surface area contributed by atoms with Crippen LogP contribution in [0.4, 0.5) is 0 Å². The smallest absolute Gasteiger partial charge is 0.381 e. The summed E-state index contributed by atoms with van der Waals surface area (Å²) in [6.07, 6.45) is 0. The Morgan fingerprint density at radius 1 is 1.50 bits per heavy atom. The predicted molar refractivity (Wildman–Crippen MR) is 44.9 cm³/mol. The molecule has 0 unspecified atom stereocenters. The summed E-state index contributed by atoms with van der Waals surface area (Å²) in [5.74, 6) is -1.50. The number of tetrazole rings is 1. The first kappa shape index (κ1) is 10.0. The third-order valence-electron chi connectivity index (χ3n) is 1.51. The second-order valence-corrected chi connectivity index (χ2v) is 2.41. The molecule has 0 aliphatic heterocycles. The van der Waals surface area contributed by atoms with Crippen LogP contribution in [-0.4, -0.2) is 39.1 Å². The molecule has 0 spiro atoms. The summed E-state index contributed by atoms with van der Waals surface area (Å²) < 4.78 is 5.31. The van der Waals surface area contributed by atoms with Crippen LogP contribution in [0.1, 0.15) is 5.82 Å². The molecular weight excluding hydrogens is 188 g/mol. The number of aromatic nitrogens is 4. The molecule has 0 N–H and O–H groups in total. The standard InChI is InChI=1S/C7H8N4O3/c1-4(6(12)7(13)14-3)11-5(2)8-9-10-11/h1H2,2-3H3. The number of methoxy groups -OCH3 is 1. The quantitative estimate of drug-likeness (QED) is 0.357. The van der Waals surface area contributed by atoms with Gasteiger partial charge in [0.05, 0.1) is 7.11 Å². The fourth-order valence-corrected chi connectivity index (χ4v) is 0.788. The van der Waals surface area contributed by atoms with Gasteiger partial charge in [-0.05, 0) is 17.4 Å². The van der Waals surface area contributed by atoms with Crippen molar-refractivity contribution in [1.29, 1.82) is 0 Å². The fourth-order valence-electron chi connectivity index (χ4n) is 0.788. The molecule has 1 aromatic rings. The van der Waals surface area contributed by atoms with Crippen molar-refractivity contribution in [1.82, 2.24) is 20.2 Å². The molecule has 0 saturated heterocycles. The highest BCUT2D eigenvalue weighted by Gasteiger charge is 2.21. The van der Waals surface area contributed by atoms with E-state index in [0.717, 1.165) is 11.8 Å².